The van der Waals surface area contributed by atoms with E-state index < -0.39 is 48.2 Å². The highest BCUT2D eigenvalue weighted by Crippen LogP contribution is 2.40. The van der Waals surface area contributed by atoms with Crippen LogP contribution in [0.4, 0.5) is 23.2 Å². The quantitative estimate of drug-likeness (QED) is 0.508. The van der Waals surface area contributed by atoms with Crippen molar-refractivity contribution in [1.29, 1.82) is 0 Å². The lowest BCUT2D eigenvalue weighted by Gasteiger charge is -2.29. The number of nitrogens with one attached hydrogen (secondary N) is 2. The Morgan fingerprint density at radius 2 is 1.96 bits per heavy atom. The third-order valence-electron chi connectivity index (χ3n) is 3.82. The molecular weight excluding hydrogens is 408 g/mol. The Labute approximate surface area is 161 Å². The van der Waals surface area contributed by atoms with E-state index in [-0.39, 0.29) is 10.7 Å². The highest BCUT2D eigenvalue weighted by Gasteiger charge is 2.57. The SMILES string of the molecule is Cn1ccnc1C(O)(CCNC(=O)C(=O)Nc1ccc(Cl)c(F)c1)C(F)(F)F. The molecule has 2 rings (SSSR count). The molecule has 12 heteroatoms. The number of anilines is 1. The van der Waals surface area contributed by atoms with Gasteiger partial charge in [0.1, 0.15) is 11.6 Å². The fourth-order valence-corrected chi connectivity index (χ4v) is 2.46. The fourth-order valence-electron chi connectivity index (χ4n) is 2.34. The molecule has 1 aromatic carbocycles. The van der Waals surface area contributed by atoms with Crippen molar-refractivity contribution in [2.24, 2.45) is 7.05 Å². The lowest BCUT2D eigenvalue weighted by molar-refractivity contribution is -0.272. The van der Waals surface area contributed by atoms with Crippen molar-refractivity contribution in [3.8, 4) is 0 Å². The Morgan fingerprint density at radius 1 is 1.29 bits per heavy atom. The van der Waals surface area contributed by atoms with Crippen LogP contribution in [0.1, 0.15) is 12.2 Å². The van der Waals surface area contributed by atoms with Crippen molar-refractivity contribution in [1.82, 2.24) is 14.9 Å². The average molecular weight is 423 g/mol. The summed E-state index contributed by atoms with van der Waals surface area (Å²) in [6.07, 6.45) is -3.73. The number of nitrogens with zero attached hydrogens (tertiary/aromatic N) is 2. The first-order chi connectivity index (χ1) is 13.0. The zero-order chi connectivity index (χ0) is 21.1. The smallest absolute Gasteiger partial charge is 0.374 e. The van der Waals surface area contributed by atoms with Gasteiger partial charge in [0, 0.05) is 38.1 Å². The monoisotopic (exact) mass is 422 g/mol. The highest BCUT2D eigenvalue weighted by atomic mass is 35.5. The second-order valence-electron chi connectivity index (χ2n) is 5.81. The van der Waals surface area contributed by atoms with Gasteiger partial charge in [-0.3, -0.25) is 9.59 Å². The number of benzene rings is 1. The van der Waals surface area contributed by atoms with Gasteiger partial charge >= 0.3 is 18.0 Å². The van der Waals surface area contributed by atoms with E-state index in [4.69, 9.17) is 11.6 Å². The van der Waals surface area contributed by atoms with Gasteiger partial charge < -0.3 is 20.3 Å². The molecule has 0 aliphatic heterocycles. The molecule has 0 saturated heterocycles. The van der Waals surface area contributed by atoms with Crippen LogP contribution in [0.25, 0.3) is 0 Å². The summed E-state index contributed by atoms with van der Waals surface area (Å²) >= 11 is 5.49. The van der Waals surface area contributed by atoms with Gasteiger partial charge in [-0.15, -0.1) is 0 Å². The van der Waals surface area contributed by atoms with E-state index in [0.717, 1.165) is 22.9 Å². The van der Waals surface area contributed by atoms with Crippen LogP contribution in [0.3, 0.4) is 0 Å². The van der Waals surface area contributed by atoms with Gasteiger partial charge in [0.05, 0.1) is 5.02 Å². The fraction of sp³-hybridized carbons (Fsp3) is 0.312. The maximum absolute atomic E-state index is 13.3. The van der Waals surface area contributed by atoms with E-state index in [1.165, 1.54) is 19.3 Å². The van der Waals surface area contributed by atoms with Gasteiger partial charge in [-0.05, 0) is 18.2 Å². The summed E-state index contributed by atoms with van der Waals surface area (Å²) in [7, 11) is 1.27. The molecule has 28 heavy (non-hydrogen) atoms. The van der Waals surface area contributed by atoms with E-state index in [1.807, 2.05) is 5.32 Å². The minimum absolute atomic E-state index is 0.0677. The molecule has 1 unspecified atom stereocenters. The number of rotatable bonds is 5. The first-order valence-corrected chi connectivity index (χ1v) is 8.14. The summed E-state index contributed by atoms with van der Waals surface area (Å²) in [6, 6.07) is 3.26. The third-order valence-corrected chi connectivity index (χ3v) is 4.12. The third kappa shape index (κ3) is 4.60. The van der Waals surface area contributed by atoms with Crippen molar-refractivity contribution in [2.75, 3.05) is 11.9 Å². The molecule has 152 valence electrons. The van der Waals surface area contributed by atoms with Crippen LogP contribution in [0.5, 0.6) is 0 Å². The first kappa shape index (κ1) is 21.6. The molecule has 0 aliphatic rings. The number of aliphatic hydroxyl groups is 1. The topological polar surface area (TPSA) is 96.2 Å². The van der Waals surface area contributed by atoms with Crippen LogP contribution >= 0.6 is 11.6 Å². The summed E-state index contributed by atoms with van der Waals surface area (Å²) in [5.41, 5.74) is -3.39. The molecule has 1 atom stereocenters. The van der Waals surface area contributed by atoms with Crippen molar-refractivity contribution < 1.29 is 32.3 Å². The summed E-state index contributed by atoms with van der Waals surface area (Å²) in [4.78, 5) is 27.0. The minimum atomic E-state index is -5.07. The van der Waals surface area contributed by atoms with Gasteiger partial charge in [0.15, 0.2) is 0 Å². The van der Waals surface area contributed by atoms with Crippen LogP contribution in [0.2, 0.25) is 5.02 Å². The number of imidazole rings is 1. The first-order valence-electron chi connectivity index (χ1n) is 7.77. The molecule has 0 fully saturated rings. The summed E-state index contributed by atoms with van der Waals surface area (Å²) in [5, 5.41) is 14.0. The molecule has 0 radical (unpaired) electrons. The van der Waals surface area contributed by atoms with Gasteiger partial charge in [0.25, 0.3) is 0 Å². The summed E-state index contributed by atoms with van der Waals surface area (Å²) in [5.74, 6) is -3.98. The number of aromatic nitrogens is 2. The zero-order valence-corrected chi connectivity index (χ0v) is 15.1. The van der Waals surface area contributed by atoms with Gasteiger partial charge in [-0.2, -0.15) is 13.2 Å². The molecular formula is C16H15ClF4N4O3. The Morgan fingerprint density at radius 3 is 2.50 bits per heavy atom. The largest absolute Gasteiger partial charge is 0.424 e. The highest BCUT2D eigenvalue weighted by molar-refractivity contribution is 6.39. The lowest BCUT2D eigenvalue weighted by Crippen LogP contribution is -2.47. The molecule has 1 heterocycles. The molecule has 2 aromatic rings. The summed E-state index contributed by atoms with van der Waals surface area (Å²) in [6.45, 7) is -0.676. The number of carbonyl (C=O) groups excluding carboxylic acids is 2. The number of hydrogen-bond donors (Lipinski definition) is 3. The van der Waals surface area contributed by atoms with Crippen LogP contribution in [0.15, 0.2) is 30.6 Å². The molecule has 0 saturated carbocycles. The Kier molecular flexibility index (Phi) is 6.30. The maximum atomic E-state index is 13.3. The maximum Gasteiger partial charge on any atom is 0.424 e. The molecule has 0 bridgehead atoms. The second-order valence-corrected chi connectivity index (χ2v) is 6.22. The van der Waals surface area contributed by atoms with Crippen molar-refractivity contribution in [3.05, 3.63) is 47.3 Å². The van der Waals surface area contributed by atoms with Gasteiger partial charge in [-0.25, -0.2) is 9.37 Å². The van der Waals surface area contributed by atoms with E-state index >= 15 is 0 Å². The number of amides is 2. The predicted octanol–water partition coefficient (Wildman–Crippen LogP) is 2.11. The van der Waals surface area contributed by atoms with Crippen LogP contribution in [0, 0.1) is 5.82 Å². The molecule has 2 amide bonds. The Balaban J connectivity index is 2.00. The molecule has 3 N–H and O–H groups in total. The number of hydrogen-bond acceptors (Lipinski definition) is 4. The standard InChI is InChI=1S/C16H15ClF4N4O3/c1-25-7-6-23-14(25)15(28,16(19,20)21)4-5-22-12(26)13(27)24-9-2-3-10(17)11(18)8-9/h2-3,6-8,28H,4-5H2,1H3,(H,22,26)(H,24,27). The number of halogens is 5. The molecule has 7 nitrogen and oxygen atoms in total. The van der Waals surface area contributed by atoms with Crippen molar-refractivity contribution >= 4 is 29.1 Å². The minimum Gasteiger partial charge on any atom is -0.374 e. The Bertz CT molecular complexity index is 887. The second kappa shape index (κ2) is 8.15. The Hall–Kier alpha value is -2.66. The number of alkyl halides is 3. The van der Waals surface area contributed by atoms with Crippen LogP contribution < -0.4 is 10.6 Å². The predicted molar refractivity (Wildman–Crippen MR) is 90.8 cm³/mol. The lowest BCUT2D eigenvalue weighted by atomic mass is 9.97. The normalized spacial score (nSPS) is 13.7. The average Bonchev–Trinajstić information content (AvgIpc) is 3.03. The molecule has 0 aliphatic carbocycles. The molecule has 1 aromatic heterocycles. The van der Waals surface area contributed by atoms with E-state index in [2.05, 4.69) is 10.3 Å². The number of carbonyl (C=O) groups is 2. The number of aryl methyl sites for hydroxylation is 1. The van der Waals surface area contributed by atoms with Gasteiger partial charge in [-0.1, -0.05) is 11.6 Å². The van der Waals surface area contributed by atoms with E-state index in [9.17, 15) is 32.3 Å². The van der Waals surface area contributed by atoms with Crippen LogP contribution in [-0.2, 0) is 22.2 Å². The van der Waals surface area contributed by atoms with Crippen LogP contribution in [-0.4, -0.2) is 39.2 Å². The zero-order valence-electron chi connectivity index (χ0n) is 14.3. The molecule has 0 spiro atoms. The summed E-state index contributed by atoms with van der Waals surface area (Å²) < 4.78 is 54.4. The van der Waals surface area contributed by atoms with Gasteiger partial charge in [0.2, 0.25) is 5.60 Å². The van der Waals surface area contributed by atoms with E-state index in [1.54, 1.807) is 0 Å². The van der Waals surface area contributed by atoms with E-state index in [0.29, 0.717) is 0 Å². The van der Waals surface area contributed by atoms with Crippen molar-refractivity contribution in [2.45, 2.75) is 18.2 Å². The van der Waals surface area contributed by atoms with Crippen molar-refractivity contribution in [3.63, 3.8) is 0 Å².